The zero-order valence-electron chi connectivity index (χ0n) is 17.3. The quantitative estimate of drug-likeness (QED) is 0.355. The highest BCUT2D eigenvalue weighted by Crippen LogP contribution is 2.33. The maximum Gasteiger partial charge on any atom is 0.416 e. The Balaban J connectivity index is 1.90. The average Bonchev–Trinajstić information content (AvgIpc) is 2.76. The minimum Gasteiger partial charge on any atom is -0.393 e. The van der Waals surface area contributed by atoms with Crippen molar-refractivity contribution in [3.05, 3.63) is 89.0 Å². The van der Waals surface area contributed by atoms with Crippen LogP contribution in [0.1, 0.15) is 35.1 Å². The van der Waals surface area contributed by atoms with Gasteiger partial charge in [-0.25, -0.2) is 0 Å². The van der Waals surface area contributed by atoms with Gasteiger partial charge in [-0.2, -0.15) is 26.3 Å². The molecule has 0 unspecified atom stereocenters. The first-order chi connectivity index (χ1) is 15.4. The summed E-state index contributed by atoms with van der Waals surface area (Å²) in [6.07, 6.45) is -4.37. The van der Waals surface area contributed by atoms with E-state index in [2.05, 4.69) is 0 Å². The number of benzene rings is 2. The van der Waals surface area contributed by atoms with Crippen LogP contribution in [0.3, 0.4) is 0 Å². The molecular formula is C24H21F6NO2. The van der Waals surface area contributed by atoms with Gasteiger partial charge in [0.15, 0.2) is 0 Å². The second-order valence-electron chi connectivity index (χ2n) is 7.65. The number of nitrogens with zero attached hydrogens (tertiary/aromatic N) is 1. The van der Waals surface area contributed by atoms with Crippen molar-refractivity contribution >= 4 is 11.5 Å². The van der Waals surface area contributed by atoms with Crippen LogP contribution >= 0.6 is 0 Å². The van der Waals surface area contributed by atoms with E-state index in [-0.39, 0.29) is 5.91 Å². The lowest BCUT2D eigenvalue weighted by atomic mass is 9.95. The molecule has 9 heteroatoms. The minimum atomic E-state index is -4.52. The van der Waals surface area contributed by atoms with Crippen LogP contribution in [0, 0.1) is 0 Å². The largest absolute Gasteiger partial charge is 0.416 e. The van der Waals surface area contributed by atoms with E-state index in [4.69, 9.17) is 0 Å². The van der Waals surface area contributed by atoms with Crippen LogP contribution in [0.2, 0.25) is 0 Å². The smallest absolute Gasteiger partial charge is 0.393 e. The van der Waals surface area contributed by atoms with E-state index >= 15 is 0 Å². The van der Waals surface area contributed by atoms with Crippen molar-refractivity contribution in [1.82, 2.24) is 4.90 Å². The van der Waals surface area contributed by atoms with Crippen LogP contribution in [-0.4, -0.2) is 35.1 Å². The number of hydrogen-bond acceptors (Lipinski definition) is 2. The summed E-state index contributed by atoms with van der Waals surface area (Å²) in [5.41, 5.74) is -0.649. The summed E-state index contributed by atoms with van der Waals surface area (Å²) in [6.45, 7) is 0.803. The van der Waals surface area contributed by atoms with Crippen LogP contribution in [0.25, 0.3) is 5.57 Å². The van der Waals surface area contributed by atoms with E-state index < -0.39 is 29.6 Å². The Morgan fingerprint density at radius 3 is 1.64 bits per heavy atom. The Labute approximate surface area is 186 Å². The van der Waals surface area contributed by atoms with Crippen LogP contribution < -0.4 is 0 Å². The van der Waals surface area contributed by atoms with E-state index in [9.17, 15) is 36.2 Å². The summed E-state index contributed by atoms with van der Waals surface area (Å²) in [5, 5.41) is 9.54. The number of likely N-dealkylation sites (tertiary alicyclic amines) is 1. The molecule has 1 saturated heterocycles. The lowest BCUT2D eigenvalue weighted by Gasteiger charge is -2.28. The Morgan fingerprint density at radius 2 is 1.24 bits per heavy atom. The molecule has 1 fully saturated rings. The van der Waals surface area contributed by atoms with Gasteiger partial charge in [-0.3, -0.25) is 4.79 Å². The van der Waals surface area contributed by atoms with Gasteiger partial charge in [-0.05, 0) is 53.8 Å². The average molecular weight is 469 g/mol. The molecule has 1 aliphatic heterocycles. The SMILES string of the molecule is O=C(C=CC=C(c1ccc(C(F)(F)F)cc1)c1ccc(C(F)(F)F)cc1)N1CCC(O)CC1. The van der Waals surface area contributed by atoms with Gasteiger partial charge < -0.3 is 10.0 Å². The molecular weight excluding hydrogens is 448 g/mol. The van der Waals surface area contributed by atoms with Crippen LogP contribution in [0.5, 0.6) is 0 Å². The molecule has 1 aliphatic rings. The van der Waals surface area contributed by atoms with Crippen molar-refractivity contribution in [3.8, 4) is 0 Å². The predicted octanol–water partition coefficient (Wildman–Crippen LogP) is 5.70. The van der Waals surface area contributed by atoms with Crippen molar-refractivity contribution in [3.63, 3.8) is 0 Å². The number of alkyl halides is 6. The highest BCUT2D eigenvalue weighted by molar-refractivity contribution is 5.89. The molecule has 1 heterocycles. The molecule has 3 rings (SSSR count). The van der Waals surface area contributed by atoms with Crippen molar-refractivity contribution < 1.29 is 36.2 Å². The topological polar surface area (TPSA) is 40.5 Å². The number of aliphatic hydroxyl groups is 1. The molecule has 0 aromatic heterocycles. The highest BCUT2D eigenvalue weighted by Gasteiger charge is 2.31. The maximum atomic E-state index is 12.9. The summed E-state index contributed by atoms with van der Waals surface area (Å²) < 4.78 is 77.4. The fourth-order valence-corrected chi connectivity index (χ4v) is 3.45. The Hall–Kier alpha value is -3.07. The normalized spacial score (nSPS) is 15.7. The van der Waals surface area contributed by atoms with Crippen LogP contribution in [0.4, 0.5) is 26.3 Å². The van der Waals surface area contributed by atoms with E-state index in [0.717, 1.165) is 24.3 Å². The number of piperidine rings is 1. The monoisotopic (exact) mass is 469 g/mol. The Bertz CT molecular complexity index is 953. The predicted molar refractivity (Wildman–Crippen MR) is 111 cm³/mol. The summed E-state index contributed by atoms with van der Waals surface area (Å²) in [4.78, 5) is 13.9. The number of allylic oxidation sites excluding steroid dienone is 2. The number of rotatable bonds is 4. The number of halogens is 6. The van der Waals surface area contributed by atoms with E-state index in [1.165, 1.54) is 42.5 Å². The first-order valence-electron chi connectivity index (χ1n) is 10.2. The zero-order valence-corrected chi connectivity index (χ0v) is 17.3. The maximum absolute atomic E-state index is 12.9. The third-order valence-corrected chi connectivity index (χ3v) is 5.32. The number of carbonyl (C=O) groups is 1. The van der Waals surface area contributed by atoms with E-state index in [1.54, 1.807) is 4.90 Å². The van der Waals surface area contributed by atoms with Crippen LogP contribution in [-0.2, 0) is 17.1 Å². The molecule has 0 aliphatic carbocycles. The molecule has 33 heavy (non-hydrogen) atoms. The van der Waals surface area contributed by atoms with Gasteiger partial charge in [0.25, 0.3) is 0 Å². The second-order valence-corrected chi connectivity index (χ2v) is 7.65. The van der Waals surface area contributed by atoms with Crippen molar-refractivity contribution in [2.75, 3.05) is 13.1 Å². The van der Waals surface area contributed by atoms with Gasteiger partial charge in [0.2, 0.25) is 5.91 Å². The van der Waals surface area contributed by atoms with E-state index in [1.807, 2.05) is 0 Å². The lowest BCUT2D eigenvalue weighted by molar-refractivity contribution is -0.138. The third kappa shape index (κ3) is 6.47. The van der Waals surface area contributed by atoms with Gasteiger partial charge in [-0.15, -0.1) is 0 Å². The summed E-state index contributed by atoms with van der Waals surface area (Å²) in [6, 6.07) is 8.48. The first kappa shape index (κ1) is 24.6. The van der Waals surface area contributed by atoms with Crippen LogP contribution in [0.15, 0.2) is 66.8 Å². The molecule has 2 aromatic rings. The van der Waals surface area contributed by atoms with Crippen molar-refractivity contribution in [1.29, 1.82) is 0 Å². The minimum absolute atomic E-state index is 0.294. The number of carbonyl (C=O) groups excluding carboxylic acids is 1. The van der Waals surface area contributed by atoms with Crippen molar-refractivity contribution in [2.24, 2.45) is 0 Å². The Kier molecular flexibility index (Phi) is 7.31. The molecule has 0 spiro atoms. The van der Waals surface area contributed by atoms with Gasteiger partial charge in [-0.1, -0.05) is 36.4 Å². The fraction of sp³-hybridized carbons (Fsp3) is 0.292. The van der Waals surface area contributed by atoms with Crippen molar-refractivity contribution in [2.45, 2.75) is 31.3 Å². The molecule has 3 nitrogen and oxygen atoms in total. The van der Waals surface area contributed by atoms with Gasteiger partial charge in [0.05, 0.1) is 17.2 Å². The molecule has 0 bridgehead atoms. The van der Waals surface area contributed by atoms with Gasteiger partial charge >= 0.3 is 12.4 Å². The molecule has 0 atom stereocenters. The Morgan fingerprint density at radius 1 is 0.818 bits per heavy atom. The molecule has 0 radical (unpaired) electrons. The number of amides is 1. The molecule has 1 N–H and O–H groups in total. The third-order valence-electron chi connectivity index (χ3n) is 5.32. The summed E-state index contributed by atoms with van der Waals surface area (Å²) in [5.74, 6) is -0.294. The summed E-state index contributed by atoms with van der Waals surface area (Å²) in [7, 11) is 0. The van der Waals surface area contributed by atoms with Gasteiger partial charge in [0, 0.05) is 19.2 Å². The van der Waals surface area contributed by atoms with E-state index in [0.29, 0.717) is 42.6 Å². The van der Waals surface area contributed by atoms with Gasteiger partial charge in [0.1, 0.15) is 0 Å². The second kappa shape index (κ2) is 9.82. The zero-order chi connectivity index (χ0) is 24.2. The number of aliphatic hydroxyl groups excluding tert-OH is 1. The fourth-order valence-electron chi connectivity index (χ4n) is 3.45. The molecule has 1 amide bonds. The highest BCUT2D eigenvalue weighted by atomic mass is 19.4. The standard InChI is InChI=1S/C24H21F6NO2/c25-23(26,27)18-8-4-16(5-9-18)21(17-6-10-19(11-7-17)24(28,29)30)2-1-3-22(33)31-14-12-20(32)13-15-31/h1-11,20,32H,12-15H2. The lowest BCUT2D eigenvalue weighted by Crippen LogP contribution is -2.39. The summed E-state index contributed by atoms with van der Waals surface area (Å²) >= 11 is 0. The number of hydrogen-bond donors (Lipinski definition) is 1. The molecule has 0 saturated carbocycles. The molecule has 2 aromatic carbocycles. The first-order valence-corrected chi connectivity index (χ1v) is 10.2. The molecule has 176 valence electrons.